The first-order valence-electron chi connectivity index (χ1n) is 23.5. The number of ketones is 3. The van der Waals surface area contributed by atoms with Gasteiger partial charge in [-0.15, -0.1) is 0 Å². The second kappa shape index (κ2) is 28.8. The average Bonchev–Trinajstić information content (AvgIpc) is 3.28. The number of methoxy groups -OCH3 is 3. The zero-order valence-electron chi connectivity index (χ0n) is 41.5. The molecule has 2 saturated heterocycles. The third-order valence-electron chi connectivity index (χ3n) is 13.7. The summed E-state index contributed by atoms with van der Waals surface area (Å²) in [4.78, 5) is 65.8. The Morgan fingerprint density at radius 3 is 2.21 bits per heavy atom. The molecular formula is C51H78NNaO13. The van der Waals surface area contributed by atoms with Crippen molar-refractivity contribution in [3.8, 4) is 0 Å². The van der Waals surface area contributed by atoms with E-state index in [0.29, 0.717) is 56.4 Å². The molecule has 1 amide bonds. The number of amides is 1. The van der Waals surface area contributed by atoms with Gasteiger partial charge in [0.1, 0.15) is 12.2 Å². The van der Waals surface area contributed by atoms with Crippen molar-refractivity contribution in [2.75, 3.05) is 27.9 Å². The van der Waals surface area contributed by atoms with Crippen molar-refractivity contribution < 1.29 is 92.9 Å². The Labute approximate surface area is 415 Å². The molecule has 1 aliphatic carbocycles. The molecule has 0 radical (unpaired) electrons. The van der Waals surface area contributed by atoms with Crippen molar-refractivity contribution in [3.05, 3.63) is 59.8 Å². The minimum Gasteiger partial charge on any atom is -0.548 e. The van der Waals surface area contributed by atoms with Crippen LogP contribution in [0.2, 0.25) is 0 Å². The molecule has 2 heterocycles. The van der Waals surface area contributed by atoms with Gasteiger partial charge in [0.15, 0.2) is 11.6 Å². The van der Waals surface area contributed by atoms with E-state index in [1.807, 2.05) is 57.2 Å². The number of aliphatic hydroxyl groups excluding tert-OH is 2. The molecule has 2 aliphatic heterocycles. The molecular weight excluding hydrogens is 858 g/mol. The second-order valence-electron chi connectivity index (χ2n) is 19.0. The van der Waals surface area contributed by atoms with Crippen molar-refractivity contribution >= 4 is 29.2 Å². The number of aliphatic carboxylic acids is 1. The number of piperidine rings is 1. The minimum atomic E-state index is -2.40. The van der Waals surface area contributed by atoms with Gasteiger partial charge in [0, 0.05) is 52.0 Å². The number of carboxylic acids is 1. The van der Waals surface area contributed by atoms with Crippen molar-refractivity contribution in [1.82, 2.24) is 4.90 Å². The Bertz CT molecular complexity index is 1760. The molecule has 0 aromatic rings. The number of Topliss-reactive ketones (excluding diaryl/α,β-unsaturated/α-hetero) is 2. The van der Waals surface area contributed by atoms with Crippen molar-refractivity contribution in [3.63, 3.8) is 0 Å². The maximum absolute atomic E-state index is 13.5. The molecule has 0 bridgehead atoms. The molecule has 3 rings (SSSR count). The van der Waals surface area contributed by atoms with E-state index in [9.17, 15) is 44.4 Å². The van der Waals surface area contributed by atoms with Gasteiger partial charge in [-0.3, -0.25) is 19.2 Å². The van der Waals surface area contributed by atoms with Crippen LogP contribution in [-0.4, -0.2) is 126 Å². The summed E-state index contributed by atoms with van der Waals surface area (Å²) in [5, 5.41) is 44.4. The third kappa shape index (κ3) is 17.1. The van der Waals surface area contributed by atoms with Crippen molar-refractivity contribution in [2.45, 2.75) is 168 Å². The van der Waals surface area contributed by atoms with Gasteiger partial charge in [0.25, 0.3) is 11.7 Å². The molecule has 14 atom stereocenters. The number of carbonyl (C=O) groups excluding carboxylic acids is 5. The molecule has 3 N–H and O–H groups in total. The van der Waals surface area contributed by atoms with Gasteiger partial charge >= 0.3 is 29.6 Å². The van der Waals surface area contributed by atoms with E-state index in [-0.39, 0.29) is 72.0 Å². The number of hydrogen-bond donors (Lipinski definition) is 3. The monoisotopic (exact) mass is 936 g/mol. The topological polar surface area (TPSA) is 209 Å². The fourth-order valence-electron chi connectivity index (χ4n) is 9.47. The minimum absolute atomic E-state index is 0. The summed E-state index contributed by atoms with van der Waals surface area (Å²) < 4.78 is 22.6. The maximum atomic E-state index is 13.5. The van der Waals surface area contributed by atoms with E-state index in [4.69, 9.17) is 18.9 Å². The maximum Gasteiger partial charge on any atom is 1.00 e. The molecule has 66 heavy (non-hydrogen) atoms. The second-order valence-corrected chi connectivity index (χ2v) is 19.0. The SMILES string of the molecule is COC(C[C@H]1CC[C@@H](C)[C@](O)(C(=O)C(=O)N2CCCC[C@@H]2C(=O)[O-])O1)/C(C)=C/C=C/C=C/[C@@H](C)C[C@@H](C)C(=O)[C@@H](OC)[C@H](O)/C(C)=C/[C@@H](C)C(=O)/C=C/[C@H](C)C[C@@H]1CC[C@@H](O)[C@@H](OC)C1.[Na+]. The number of aliphatic hydroxyl groups is 3. The van der Waals surface area contributed by atoms with Gasteiger partial charge in [-0.25, -0.2) is 0 Å². The van der Waals surface area contributed by atoms with Gasteiger partial charge in [0.2, 0.25) is 5.79 Å². The first kappa shape index (κ1) is 59.5. The summed E-state index contributed by atoms with van der Waals surface area (Å²) in [7, 11) is 4.57. The number of carbonyl (C=O) groups is 5. The molecule has 15 heteroatoms. The van der Waals surface area contributed by atoms with E-state index in [2.05, 4.69) is 6.92 Å². The Hall–Kier alpha value is -2.63. The summed E-state index contributed by atoms with van der Waals surface area (Å²) >= 11 is 0. The number of likely N-dealkylation sites (tertiary alicyclic amines) is 1. The summed E-state index contributed by atoms with van der Waals surface area (Å²) in [6.07, 6.45) is 17.1. The molecule has 0 aromatic heterocycles. The summed E-state index contributed by atoms with van der Waals surface area (Å²) in [5.41, 5.74) is 1.34. The molecule has 366 valence electrons. The van der Waals surface area contributed by atoms with Gasteiger partial charge in [0.05, 0.1) is 36.4 Å². The van der Waals surface area contributed by atoms with Gasteiger partial charge in [-0.2, -0.15) is 0 Å². The van der Waals surface area contributed by atoms with E-state index in [1.165, 1.54) is 7.11 Å². The number of carboxylic acid groups (broad SMARTS) is 1. The van der Waals surface area contributed by atoms with Gasteiger partial charge < -0.3 is 49.1 Å². The molecule has 3 aliphatic rings. The van der Waals surface area contributed by atoms with Crippen LogP contribution in [0.3, 0.4) is 0 Å². The number of rotatable bonds is 24. The number of allylic oxidation sites excluding steroid dienone is 8. The van der Waals surface area contributed by atoms with Gasteiger partial charge in [-0.1, -0.05) is 77.2 Å². The normalized spacial score (nSPS) is 28.9. The Kier molecular flexibility index (Phi) is 25.9. The summed E-state index contributed by atoms with van der Waals surface area (Å²) in [5.74, 6) is -7.43. The Balaban J connectivity index is 0.0000150. The zero-order valence-corrected chi connectivity index (χ0v) is 43.5. The zero-order chi connectivity index (χ0) is 48.6. The van der Waals surface area contributed by atoms with Crippen LogP contribution < -0.4 is 34.7 Å². The largest absolute Gasteiger partial charge is 1.00 e. The first-order chi connectivity index (χ1) is 30.7. The van der Waals surface area contributed by atoms with Crippen LogP contribution in [0, 0.1) is 35.5 Å². The summed E-state index contributed by atoms with van der Waals surface area (Å²) in [6, 6.07) is -1.23. The fraction of sp³-hybridized carbons (Fsp3) is 0.706. The fourth-order valence-corrected chi connectivity index (χ4v) is 9.47. The molecule has 3 fully saturated rings. The number of ether oxygens (including phenoxy) is 4. The predicted molar refractivity (Wildman–Crippen MR) is 245 cm³/mol. The third-order valence-corrected chi connectivity index (χ3v) is 13.7. The molecule has 1 unspecified atom stereocenters. The van der Waals surface area contributed by atoms with Crippen LogP contribution in [-0.2, 0) is 42.9 Å². The van der Waals surface area contributed by atoms with E-state index < -0.39 is 77.8 Å². The molecule has 14 nitrogen and oxygen atoms in total. The van der Waals surface area contributed by atoms with E-state index >= 15 is 0 Å². The standard InChI is InChI=1S/C51H79NO13.Na/c1-31(26-35(5)45(55)47(64-10)46(56)36(6)28-34(4)41(53)23-19-32(2)27-38-21-24-42(54)44(29-38)63-9)16-12-11-13-17-33(3)43(62-8)30-39-22-20-37(7)51(61,65-39)48(57)49(58)52-25-15-14-18-40(52)50(59)60;/h11-13,16-17,19,23,28,31-32,34-35,37-40,42-44,46-47,54,56,61H,14-15,18,20-22,24-27,29-30H2,1-10H3,(H,59,60);/q;+1/p-1/b13-11+,16-12+,23-19+,33-17+,36-28+;/t31-,32+,34-,35-,37-,38+,39-,40-,42-,43?,44+,46-,47-,51-;/m1./s1. The van der Waals surface area contributed by atoms with Crippen LogP contribution in [0.4, 0.5) is 0 Å². The van der Waals surface area contributed by atoms with Gasteiger partial charge in [-0.05, 0) is 113 Å². The van der Waals surface area contributed by atoms with E-state index in [1.54, 1.807) is 47.1 Å². The predicted octanol–water partition coefficient (Wildman–Crippen LogP) is 2.18. The summed E-state index contributed by atoms with van der Waals surface area (Å²) in [6.45, 7) is 12.9. The van der Waals surface area contributed by atoms with Crippen LogP contribution in [0.15, 0.2) is 59.8 Å². The quantitative estimate of drug-likeness (QED) is 0.0418. The number of hydrogen-bond acceptors (Lipinski definition) is 13. The van der Waals surface area contributed by atoms with Crippen LogP contribution in [0.25, 0.3) is 0 Å². The first-order valence-corrected chi connectivity index (χ1v) is 23.5. The molecule has 1 saturated carbocycles. The Morgan fingerprint density at radius 1 is 0.879 bits per heavy atom. The van der Waals surface area contributed by atoms with Crippen LogP contribution in [0.5, 0.6) is 0 Å². The smallest absolute Gasteiger partial charge is 0.548 e. The molecule has 0 aromatic carbocycles. The van der Waals surface area contributed by atoms with Crippen molar-refractivity contribution in [2.24, 2.45) is 35.5 Å². The molecule has 0 spiro atoms. The van der Waals surface area contributed by atoms with Crippen LogP contribution in [0.1, 0.15) is 119 Å². The van der Waals surface area contributed by atoms with Crippen LogP contribution >= 0.6 is 0 Å². The van der Waals surface area contributed by atoms with E-state index in [0.717, 1.165) is 29.7 Å². The Morgan fingerprint density at radius 2 is 1.58 bits per heavy atom. The van der Waals surface area contributed by atoms with Crippen molar-refractivity contribution in [1.29, 1.82) is 0 Å². The average molecular weight is 936 g/mol. The number of nitrogens with zero attached hydrogens (tertiary/aromatic N) is 1.